The van der Waals surface area contributed by atoms with Crippen molar-refractivity contribution in [2.45, 2.75) is 12.4 Å². The van der Waals surface area contributed by atoms with E-state index in [0.717, 1.165) is 0 Å². The number of halogens is 6. The van der Waals surface area contributed by atoms with E-state index in [1.165, 1.54) is 0 Å². The van der Waals surface area contributed by atoms with E-state index in [0.29, 0.717) is 12.1 Å². The van der Waals surface area contributed by atoms with E-state index in [9.17, 15) is 26.3 Å². The summed E-state index contributed by atoms with van der Waals surface area (Å²) in [5.74, 6) is -1.90. The lowest BCUT2D eigenvalue weighted by Gasteiger charge is -2.16. The molecule has 16 heavy (non-hydrogen) atoms. The fraction of sp³-hybridized carbons (Fsp3) is 0.250. The topological polar surface area (TPSA) is 46.2 Å². The Morgan fingerprint density at radius 2 is 1.44 bits per heavy atom. The van der Waals surface area contributed by atoms with Crippen LogP contribution in [-0.2, 0) is 12.4 Å². The summed E-state index contributed by atoms with van der Waals surface area (Å²) in [7, 11) is 0. The Bertz CT molecular complexity index is 408. The lowest BCUT2D eigenvalue weighted by atomic mass is 10.1. The minimum absolute atomic E-state index is 0.292. The Labute approximate surface area is 85.3 Å². The summed E-state index contributed by atoms with van der Waals surface area (Å²) >= 11 is 0. The number of aromatic hydroxyl groups is 1. The Hall–Kier alpha value is -1.60. The highest BCUT2D eigenvalue weighted by Crippen LogP contribution is 2.45. The van der Waals surface area contributed by atoms with Gasteiger partial charge in [0, 0.05) is 5.69 Å². The number of benzene rings is 1. The predicted octanol–water partition coefficient (Wildman–Crippen LogP) is 3.01. The molecule has 1 aromatic rings. The maximum Gasteiger partial charge on any atom is 0.421 e. The van der Waals surface area contributed by atoms with Gasteiger partial charge in [0.2, 0.25) is 0 Å². The van der Waals surface area contributed by atoms with Gasteiger partial charge >= 0.3 is 12.4 Å². The number of anilines is 1. The minimum atomic E-state index is -5.14. The number of hydrogen-bond donors (Lipinski definition) is 2. The molecule has 0 aromatic heterocycles. The third kappa shape index (κ3) is 2.15. The summed E-state index contributed by atoms with van der Waals surface area (Å²) in [5.41, 5.74) is 0.270. The highest BCUT2D eigenvalue weighted by molar-refractivity contribution is 5.59. The maximum absolute atomic E-state index is 12.3. The highest BCUT2D eigenvalue weighted by atomic mass is 19.4. The van der Waals surface area contributed by atoms with Crippen LogP contribution in [0.15, 0.2) is 12.1 Å². The van der Waals surface area contributed by atoms with Crippen molar-refractivity contribution < 1.29 is 31.4 Å². The average Bonchev–Trinajstić information content (AvgIpc) is 1.97. The molecule has 90 valence electrons. The third-order valence-electron chi connectivity index (χ3n) is 1.80. The van der Waals surface area contributed by atoms with Crippen molar-refractivity contribution in [1.29, 1.82) is 0 Å². The van der Waals surface area contributed by atoms with Gasteiger partial charge in [-0.25, -0.2) is 0 Å². The molecule has 3 N–H and O–H groups in total. The standard InChI is InChI=1S/C8H5F6NO/c9-7(10,11)3-1-2-4(15)5(6(3)16)8(12,13)14/h1-2,16H,15H2. The first-order valence-electron chi connectivity index (χ1n) is 3.81. The van der Waals surface area contributed by atoms with E-state index in [4.69, 9.17) is 10.8 Å². The zero-order valence-electron chi connectivity index (χ0n) is 7.45. The van der Waals surface area contributed by atoms with Crippen LogP contribution in [-0.4, -0.2) is 5.11 Å². The molecule has 1 aromatic carbocycles. The molecule has 0 saturated carbocycles. The van der Waals surface area contributed by atoms with Crippen molar-refractivity contribution in [2.75, 3.05) is 5.73 Å². The first-order chi connectivity index (χ1) is 7.05. The molecule has 0 aliphatic rings. The van der Waals surface area contributed by atoms with Crippen LogP contribution in [0.1, 0.15) is 11.1 Å². The molecule has 0 aliphatic carbocycles. The van der Waals surface area contributed by atoms with Gasteiger partial charge < -0.3 is 10.8 Å². The van der Waals surface area contributed by atoms with Gasteiger partial charge in [-0.2, -0.15) is 26.3 Å². The molecule has 0 saturated heterocycles. The Morgan fingerprint density at radius 3 is 1.81 bits per heavy atom. The number of phenols is 1. The molecule has 0 bridgehead atoms. The van der Waals surface area contributed by atoms with Crippen LogP contribution in [0.2, 0.25) is 0 Å². The first-order valence-corrected chi connectivity index (χ1v) is 3.81. The van der Waals surface area contributed by atoms with E-state index in [-0.39, 0.29) is 0 Å². The zero-order valence-corrected chi connectivity index (χ0v) is 7.45. The third-order valence-corrected chi connectivity index (χ3v) is 1.80. The largest absolute Gasteiger partial charge is 0.507 e. The second kappa shape index (κ2) is 3.46. The fourth-order valence-electron chi connectivity index (χ4n) is 1.13. The van der Waals surface area contributed by atoms with Gasteiger partial charge in [-0.1, -0.05) is 0 Å². The molecular weight excluding hydrogens is 240 g/mol. The second-order valence-electron chi connectivity index (χ2n) is 2.92. The van der Waals surface area contributed by atoms with Crippen LogP contribution in [0.5, 0.6) is 5.75 Å². The summed E-state index contributed by atoms with van der Waals surface area (Å²) in [6, 6.07) is 0.741. The zero-order chi connectivity index (χ0) is 12.7. The van der Waals surface area contributed by atoms with Crippen molar-refractivity contribution in [3.63, 3.8) is 0 Å². The Morgan fingerprint density at radius 1 is 0.938 bits per heavy atom. The first kappa shape index (κ1) is 12.5. The summed E-state index contributed by atoms with van der Waals surface area (Å²) in [5, 5.41) is 8.92. The summed E-state index contributed by atoms with van der Waals surface area (Å²) in [6.07, 6.45) is -10.2. The lowest BCUT2D eigenvalue weighted by molar-refractivity contribution is -0.144. The summed E-state index contributed by atoms with van der Waals surface area (Å²) in [4.78, 5) is 0. The molecule has 0 atom stereocenters. The van der Waals surface area contributed by atoms with Crippen LogP contribution in [0.3, 0.4) is 0 Å². The molecule has 0 aliphatic heterocycles. The van der Waals surface area contributed by atoms with E-state index in [1.54, 1.807) is 0 Å². The van der Waals surface area contributed by atoms with E-state index in [1.807, 2.05) is 0 Å². The van der Waals surface area contributed by atoms with Crippen molar-refractivity contribution in [3.05, 3.63) is 23.3 Å². The molecule has 1 rings (SSSR count). The minimum Gasteiger partial charge on any atom is -0.507 e. The average molecular weight is 245 g/mol. The quantitative estimate of drug-likeness (QED) is 0.545. The van der Waals surface area contributed by atoms with Gasteiger partial charge in [-0.05, 0) is 12.1 Å². The van der Waals surface area contributed by atoms with Gasteiger partial charge in [0.05, 0.1) is 5.56 Å². The van der Waals surface area contributed by atoms with Crippen LogP contribution in [0.4, 0.5) is 32.0 Å². The van der Waals surface area contributed by atoms with Gasteiger partial charge in [0.1, 0.15) is 11.3 Å². The van der Waals surface area contributed by atoms with Crippen molar-refractivity contribution >= 4 is 5.69 Å². The van der Waals surface area contributed by atoms with Crippen LogP contribution >= 0.6 is 0 Å². The van der Waals surface area contributed by atoms with Crippen LogP contribution in [0, 0.1) is 0 Å². The molecule has 0 amide bonds. The number of alkyl halides is 6. The Balaban J connectivity index is 3.52. The maximum atomic E-state index is 12.3. The van der Waals surface area contributed by atoms with E-state index >= 15 is 0 Å². The fourth-order valence-corrected chi connectivity index (χ4v) is 1.13. The monoisotopic (exact) mass is 245 g/mol. The number of hydrogen-bond acceptors (Lipinski definition) is 2. The summed E-state index contributed by atoms with van der Waals surface area (Å²) < 4.78 is 73.4. The van der Waals surface area contributed by atoms with Crippen molar-refractivity contribution in [1.82, 2.24) is 0 Å². The van der Waals surface area contributed by atoms with Crippen molar-refractivity contribution in [3.8, 4) is 5.75 Å². The smallest absolute Gasteiger partial charge is 0.421 e. The lowest BCUT2D eigenvalue weighted by Crippen LogP contribution is -2.13. The number of nitrogen functional groups attached to an aromatic ring is 1. The molecule has 0 radical (unpaired) electrons. The molecule has 0 fully saturated rings. The second-order valence-corrected chi connectivity index (χ2v) is 2.92. The molecule has 0 spiro atoms. The molecule has 0 heterocycles. The highest BCUT2D eigenvalue weighted by Gasteiger charge is 2.42. The number of phenolic OH excluding ortho intramolecular Hbond substituents is 1. The van der Waals surface area contributed by atoms with E-state index < -0.39 is 34.9 Å². The van der Waals surface area contributed by atoms with Gasteiger partial charge in [0.15, 0.2) is 0 Å². The number of rotatable bonds is 0. The van der Waals surface area contributed by atoms with Crippen LogP contribution in [0.25, 0.3) is 0 Å². The number of nitrogens with two attached hydrogens (primary N) is 1. The normalized spacial score (nSPS) is 12.9. The SMILES string of the molecule is Nc1ccc(C(F)(F)F)c(O)c1C(F)(F)F. The van der Waals surface area contributed by atoms with Gasteiger partial charge in [0.25, 0.3) is 0 Å². The Kier molecular flexibility index (Phi) is 2.70. The van der Waals surface area contributed by atoms with Gasteiger partial charge in [-0.15, -0.1) is 0 Å². The molecule has 0 unspecified atom stereocenters. The molecule has 8 heteroatoms. The van der Waals surface area contributed by atoms with Crippen LogP contribution < -0.4 is 5.73 Å². The molecular formula is C8H5F6NO. The van der Waals surface area contributed by atoms with E-state index in [2.05, 4.69) is 0 Å². The molecule has 2 nitrogen and oxygen atoms in total. The van der Waals surface area contributed by atoms with Gasteiger partial charge in [-0.3, -0.25) is 0 Å². The predicted molar refractivity (Wildman–Crippen MR) is 42.5 cm³/mol. The van der Waals surface area contributed by atoms with Crippen molar-refractivity contribution in [2.24, 2.45) is 0 Å². The summed E-state index contributed by atoms with van der Waals surface area (Å²) in [6.45, 7) is 0.